The second-order valence-corrected chi connectivity index (χ2v) is 6.63. The maximum Gasteiger partial charge on any atom is 0.218 e. The standard InChI is InChI=1S/C19H24N2O/c1-13(9-19(20)22)17-11-16-10-15(7-8-18(16)21-12-17)14-5-3-2-4-6-14/h7-8,10-14H,2-6,9H2,1H3,(H2,20,22). The highest BCUT2D eigenvalue weighted by molar-refractivity contribution is 5.80. The molecule has 2 aromatic rings. The van der Waals surface area contributed by atoms with Crippen molar-refractivity contribution >= 4 is 16.8 Å². The number of carbonyl (C=O) groups is 1. The number of amides is 1. The van der Waals surface area contributed by atoms with Gasteiger partial charge in [-0.1, -0.05) is 32.3 Å². The van der Waals surface area contributed by atoms with E-state index in [1.807, 2.05) is 13.1 Å². The van der Waals surface area contributed by atoms with Gasteiger partial charge in [0.25, 0.3) is 0 Å². The quantitative estimate of drug-likeness (QED) is 0.916. The third-order valence-electron chi connectivity index (χ3n) is 4.88. The minimum Gasteiger partial charge on any atom is -0.370 e. The Balaban J connectivity index is 1.90. The lowest BCUT2D eigenvalue weighted by atomic mass is 9.83. The lowest BCUT2D eigenvalue weighted by Crippen LogP contribution is -2.13. The zero-order chi connectivity index (χ0) is 15.5. The molecule has 1 heterocycles. The zero-order valence-electron chi connectivity index (χ0n) is 13.2. The topological polar surface area (TPSA) is 56.0 Å². The van der Waals surface area contributed by atoms with Gasteiger partial charge in [0.1, 0.15) is 0 Å². The summed E-state index contributed by atoms with van der Waals surface area (Å²) in [7, 11) is 0. The summed E-state index contributed by atoms with van der Waals surface area (Å²) in [5.74, 6) is 0.557. The molecule has 1 fully saturated rings. The molecule has 1 aliphatic carbocycles. The first-order chi connectivity index (χ1) is 10.6. The van der Waals surface area contributed by atoms with Gasteiger partial charge in [-0.05, 0) is 54.0 Å². The van der Waals surface area contributed by atoms with Crippen LogP contribution in [-0.4, -0.2) is 10.9 Å². The van der Waals surface area contributed by atoms with E-state index >= 15 is 0 Å². The van der Waals surface area contributed by atoms with E-state index in [1.54, 1.807) is 0 Å². The Bertz CT molecular complexity index is 674. The van der Waals surface area contributed by atoms with Gasteiger partial charge in [-0.15, -0.1) is 0 Å². The van der Waals surface area contributed by atoms with Crippen molar-refractivity contribution < 1.29 is 4.79 Å². The van der Waals surface area contributed by atoms with Crippen LogP contribution in [0.15, 0.2) is 30.5 Å². The molecule has 1 aromatic heterocycles. The lowest BCUT2D eigenvalue weighted by Gasteiger charge is -2.22. The number of hydrogen-bond acceptors (Lipinski definition) is 2. The Hall–Kier alpha value is -1.90. The molecule has 1 atom stereocenters. The van der Waals surface area contributed by atoms with Crippen LogP contribution in [0.3, 0.4) is 0 Å². The highest BCUT2D eigenvalue weighted by Gasteiger charge is 2.16. The molecule has 22 heavy (non-hydrogen) atoms. The number of aromatic nitrogens is 1. The van der Waals surface area contributed by atoms with E-state index in [1.165, 1.54) is 43.1 Å². The molecule has 0 aliphatic heterocycles. The Kier molecular flexibility index (Phi) is 4.41. The summed E-state index contributed by atoms with van der Waals surface area (Å²) in [6.07, 6.45) is 8.91. The van der Waals surface area contributed by atoms with Crippen molar-refractivity contribution in [2.45, 2.75) is 57.3 Å². The molecule has 3 heteroatoms. The van der Waals surface area contributed by atoms with Crippen LogP contribution in [0.5, 0.6) is 0 Å². The third kappa shape index (κ3) is 3.29. The minimum absolute atomic E-state index is 0.118. The molecule has 3 nitrogen and oxygen atoms in total. The van der Waals surface area contributed by atoms with Crippen LogP contribution in [-0.2, 0) is 4.79 Å². The summed E-state index contributed by atoms with van der Waals surface area (Å²) in [5, 5.41) is 1.18. The molecule has 0 bridgehead atoms. The Morgan fingerprint density at radius 3 is 2.77 bits per heavy atom. The second kappa shape index (κ2) is 6.47. The van der Waals surface area contributed by atoms with Gasteiger partial charge in [-0.25, -0.2) is 0 Å². The molecule has 116 valence electrons. The van der Waals surface area contributed by atoms with E-state index in [0.717, 1.165) is 11.1 Å². The van der Waals surface area contributed by atoms with Crippen molar-refractivity contribution in [3.63, 3.8) is 0 Å². The average molecular weight is 296 g/mol. The van der Waals surface area contributed by atoms with Crippen molar-refractivity contribution in [2.75, 3.05) is 0 Å². The molecular formula is C19H24N2O. The predicted octanol–water partition coefficient (Wildman–Crippen LogP) is 4.26. The molecular weight excluding hydrogens is 272 g/mol. The van der Waals surface area contributed by atoms with E-state index in [2.05, 4.69) is 29.2 Å². The van der Waals surface area contributed by atoms with Crippen LogP contribution in [0.4, 0.5) is 0 Å². The molecule has 1 saturated carbocycles. The van der Waals surface area contributed by atoms with E-state index < -0.39 is 0 Å². The second-order valence-electron chi connectivity index (χ2n) is 6.63. The largest absolute Gasteiger partial charge is 0.370 e. The van der Waals surface area contributed by atoms with Crippen LogP contribution in [0.25, 0.3) is 10.9 Å². The zero-order valence-corrected chi connectivity index (χ0v) is 13.2. The number of hydrogen-bond donors (Lipinski definition) is 1. The molecule has 2 N–H and O–H groups in total. The molecule has 1 aromatic carbocycles. The number of primary amides is 1. The monoisotopic (exact) mass is 296 g/mol. The van der Waals surface area contributed by atoms with Crippen molar-refractivity contribution in [1.82, 2.24) is 4.98 Å². The molecule has 1 amide bonds. The van der Waals surface area contributed by atoms with Crippen LogP contribution < -0.4 is 5.73 Å². The van der Waals surface area contributed by atoms with Crippen LogP contribution >= 0.6 is 0 Å². The van der Waals surface area contributed by atoms with Crippen molar-refractivity contribution in [3.05, 3.63) is 41.6 Å². The first kappa shape index (κ1) is 15.0. The lowest BCUT2D eigenvalue weighted by molar-refractivity contribution is -0.118. The van der Waals surface area contributed by atoms with Crippen molar-refractivity contribution in [1.29, 1.82) is 0 Å². The van der Waals surface area contributed by atoms with Gasteiger partial charge in [-0.2, -0.15) is 0 Å². The number of rotatable bonds is 4. The van der Waals surface area contributed by atoms with Crippen molar-refractivity contribution in [2.24, 2.45) is 5.73 Å². The van der Waals surface area contributed by atoms with E-state index in [-0.39, 0.29) is 11.8 Å². The molecule has 0 spiro atoms. The summed E-state index contributed by atoms with van der Waals surface area (Å²) in [6.45, 7) is 2.03. The van der Waals surface area contributed by atoms with Gasteiger partial charge in [0.2, 0.25) is 5.91 Å². The first-order valence-corrected chi connectivity index (χ1v) is 8.31. The number of carbonyl (C=O) groups excluding carboxylic acids is 1. The molecule has 0 radical (unpaired) electrons. The normalized spacial score (nSPS) is 17.5. The van der Waals surface area contributed by atoms with Gasteiger partial charge in [-0.3, -0.25) is 9.78 Å². The number of fused-ring (bicyclic) bond motifs is 1. The fraction of sp³-hybridized carbons (Fsp3) is 0.474. The van der Waals surface area contributed by atoms with Gasteiger partial charge >= 0.3 is 0 Å². The average Bonchev–Trinajstić information content (AvgIpc) is 2.54. The highest BCUT2D eigenvalue weighted by Crippen LogP contribution is 2.34. The van der Waals surface area contributed by atoms with Gasteiger partial charge in [0.05, 0.1) is 5.52 Å². The Morgan fingerprint density at radius 2 is 2.05 bits per heavy atom. The SMILES string of the molecule is CC(CC(N)=O)c1cnc2ccc(C3CCCCC3)cc2c1. The predicted molar refractivity (Wildman–Crippen MR) is 89.8 cm³/mol. The smallest absolute Gasteiger partial charge is 0.218 e. The maximum atomic E-state index is 11.1. The van der Waals surface area contributed by atoms with Crippen molar-refractivity contribution in [3.8, 4) is 0 Å². The molecule has 1 unspecified atom stereocenters. The third-order valence-corrected chi connectivity index (χ3v) is 4.88. The number of nitrogens with two attached hydrogens (primary N) is 1. The highest BCUT2D eigenvalue weighted by atomic mass is 16.1. The molecule has 0 saturated heterocycles. The van der Waals surface area contributed by atoms with Crippen LogP contribution in [0.2, 0.25) is 0 Å². The van der Waals surface area contributed by atoms with Crippen LogP contribution in [0, 0.1) is 0 Å². The van der Waals surface area contributed by atoms with Gasteiger partial charge in [0.15, 0.2) is 0 Å². The number of pyridine rings is 1. The summed E-state index contributed by atoms with van der Waals surface area (Å²) in [4.78, 5) is 15.7. The maximum absolute atomic E-state index is 11.1. The summed E-state index contributed by atoms with van der Waals surface area (Å²) in [6, 6.07) is 8.82. The van der Waals surface area contributed by atoms with E-state index in [0.29, 0.717) is 12.3 Å². The summed E-state index contributed by atoms with van der Waals surface area (Å²) >= 11 is 0. The molecule has 3 rings (SSSR count). The summed E-state index contributed by atoms with van der Waals surface area (Å²) < 4.78 is 0. The number of nitrogens with zero attached hydrogens (tertiary/aromatic N) is 1. The minimum atomic E-state index is -0.261. The fourth-order valence-corrected chi connectivity index (χ4v) is 3.55. The number of benzene rings is 1. The molecule has 1 aliphatic rings. The van der Waals surface area contributed by atoms with E-state index in [9.17, 15) is 4.79 Å². The van der Waals surface area contributed by atoms with Crippen LogP contribution in [0.1, 0.15) is 68.4 Å². The fourth-order valence-electron chi connectivity index (χ4n) is 3.55. The van der Waals surface area contributed by atoms with Gasteiger partial charge in [0, 0.05) is 18.0 Å². The Labute approximate surface area is 131 Å². The summed E-state index contributed by atoms with van der Waals surface area (Å²) in [5.41, 5.74) is 8.86. The first-order valence-electron chi connectivity index (χ1n) is 8.31. The van der Waals surface area contributed by atoms with E-state index in [4.69, 9.17) is 5.73 Å². The van der Waals surface area contributed by atoms with Gasteiger partial charge < -0.3 is 5.73 Å². The Morgan fingerprint density at radius 1 is 1.27 bits per heavy atom.